The van der Waals surface area contributed by atoms with Crippen molar-refractivity contribution in [3.05, 3.63) is 102 Å². The van der Waals surface area contributed by atoms with Gasteiger partial charge in [0.1, 0.15) is 25.0 Å². The summed E-state index contributed by atoms with van der Waals surface area (Å²) in [5.41, 5.74) is -0.484. The monoisotopic (exact) mass is 671 g/mol. The number of hydrogen-bond acceptors (Lipinski definition) is 10. The lowest BCUT2D eigenvalue weighted by Crippen LogP contribution is -2.45. The van der Waals surface area contributed by atoms with Crippen molar-refractivity contribution in [1.82, 2.24) is 5.32 Å². The Morgan fingerprint density at radius 3 is 1.67 bits per heavy atom. The predicted molar refractivity (Wildman–Crippen MR) is 178 cm³/mol. The highest BCUT2D eigenvalue weighted by Crippen LogP contribution is 2.60. The van der Waals surface area contributed by atoms with Crippen molar-refractivity contribution in [2.75, 3.05) is 0 Å². The van der Waals surface area contributed by atoms with Crippen molar-refractivity contribution in [3.63, 3.8) is 0 Å². The third kappa shape index (κ3) is 13.3. The minimum Gasteiger partial charge on any atom is -0.459 e. The van der Waals surface area contributed by atoms with Crippen LogP contribution in [0.15, 0.2) is 91.0 Å². The molecule has 12 heteroatoms. The number of alkyl carbamates (subject to hydrolysis) is 1. The topological polar surface area (TPSA) is 119 Å². The highest BCUT2D eigenvalue weighted by Gasteiger charge is 2.47. The quantitative estimate of drug-likeness (QED) is 0.109. The molecule has 3 aromatic carbocycles. The van der Waals surface area contributed by atoms with Crippen molar-refractivity contribution in [3.8, 4) is 5.75 Å². The SMILES string of the molecule is CC(C)(C)OP(=O)(OC(C)(C)C)C(CC(NC(=O)OCc1ccccc1)C(=O)OCc1ccccc1)OC(=S)Oc1ccccc1. The van der Waals surface area contributed by atoms with Crippen molar-refractivity contribution < 1.29 is 42.1 Å². The van der Waals surface area contributed by atoms with Gasteiger partial charge in [-0.25, -0.2) is 9.59 Å². The van der Waals surface area contributed by atoms with Crippen LogP contribution in [0.1, 0.15) is 59.1 Å². The van der Waals surface area contributed by atoms with Crippen molar-refractivity contribution in [2.45, 2.75) is 84.3 Å². The smallest absolute Gasteiger partial charge is 0.408 e. The van der Waals surface area contributed by atoms with E-state index in [4.69, 9.17) is 40.2 Å². The molecular formula is C34H42NO9PS. The van der Waals surface area contributed by atoms with Crippen molar-refractivity contribution in [2.24, 2.45) is 0 Å². The van der Waals surface area contributed by atoms with Crippen molar-refractivity contribution >= 4 is 37.1 Å². The van der Waals surface area contributed by atoms with Gasteiger partial charge in [-0.2, -0.15) is 0 Å². The Kier molecular flexibility index (Phi) is 13.3. The number of carbonyl (C=O) groups excluding carboxylic acids is 2. The first-order chi connectivity index (χ1) is 21.6. The molecule has 46 heavy (non-hydrogen) atoms. The number of nitrogens with one attached hydrogen (secondary N) is 1. The van der Waals surface area contributed by atoms with Crippen LogP contribution < -0.4 is 10.1 Å². The van der Waals surface area contributed by atoms with Crippen LogP contribution in [-0.4, -0.2) is 40.4 Å². The number of amides is 1. The van der Waals surface area contributed by atoms with Gasteiger partial charge in [0.15, 0.2) is 0 Å². The fraction of sp³-hybridized carbons (Fsp3) is 0.382. The van der Waals surface area contributed by atoms with Crippen LogP contribution in [0.25, 0.3) is 0 Å². The van der Waals surface area contributed by atoms with E-state index in [1.807, 2.05) is 24.3 Å². The van der Waals surface area contributed by atoms with Crippen LogP contribution in [-0.2, 0) is 45.8 Å². The third-order valence-corrected chi connectivity index (χ3v) is 8.59. The molecule has 0 spiro atoms. The highest BCUT2D eigenvalue weighted by atomic mass is 32.1. The molecule has 3 rings (SSSR count). The Bertz CT molecular complexity index is 1440. The van der Waals surface area contributed by atoms with E-state index in [-0.39, 0.29) is 13.2 Å². The molecule has 1 amide bonds. The summed E-state index contributed by atoms with van der Waals surface area (Å²) in [5, 5.41) is 2.15. The third-order valence-electron chi connectivity index (χ3n) is 5.78. The Balaban J connectivity index is 1.93. The summed E-state index contributed by atoms with van der Waals surface area (Å²) in [6, 6.07) is 25.3. The Morgan fingerprint density at radius 2 is 1.20 bits per heavy atom. The number of carbonyl (C=O) groups is 2. The molecule has 0 aliphatic heterocycles. The van der Waals surface area contributed by atoms with Crippen molar-refractivity contribution in [1.29, 1.82) is 0 Å². The maximum atomic E-state index is 14.7. The van der Waals surface area contributed by atoms with Gasteiger partial charge in [0.25, 0.3) is 0 Å². The van der Waals surface area contributed by atoms with Gasteiger partial charge >= 0.3 is 24.9 Å². The molecule has 0 bridgehead atoms. The molecule has 3 aromatic rings. The molecule has 0 saturated carbocycles. The van der Waals surface area contributed by atoms with E-state index >= 15 is 0 Å². The lowest BCUT2D eigenvalue weighted by molar-refractivity contribution is -0.148. The fourth-order valence-corrected chi connectivity index (χ4v) is 6.79. The Labute approximate surface area is 276 Å². The molecular weight excluding hydrogens is 629 g/mol. The van der Waals surface area contributed by atoms with Gasteiger partial charge in [0.05, 0.1) is 11.2 Å². The molecule has 0 fully saturated rings. The number of benzene rings is 3. The molecule has 0 radical (unpaired) electrons. The van der Waals surface area contributed by atoms with E-state index in [1.165, 1.54) is 0 Å². The average molecular weight is 672 g/mol. The second-order valence-corrected chi connectivity index (χ2v) is 14.6. The number of thiocarbonyl (C=S) groups is 1. The van der Waals surface area contributed by atoms with Gasteiger partial charge in [-0.3, -0.25) is 4.57 Å². The summed E-state index contributed by atoms with van der Waals surface area (Å²) >= 11 is 5.38. The molecule has 0 aliphatic rings. The minimum absolute atomic E-state index is 0.0495. The lowest BCUT2D eigenvalue weighted by Gasteiger charge is -2.36. The zero-order chi connectivity index (χ0) is 33.8. The maximum Gasteiger partial charge on any atom is 0.408 e. The summed E-state index contributed by atoms with van der Waals surface area (Å²) in [4.78, 5) is 26.5. The maximum absolute atomic E-state index is 14.7. The summed E-state index contributed by atoms with van der Waals surface area (Å²) in [7, 11) is -4.30. The van der Waals surface area contributed by atoms with Crippen LogP contribution in [0.2, 0.25) is 0 Å². The molecule has 2 atom stereocenters. The number of para-hydroxylation sites is 1. The molecule has 1 N–H and O–H groups in total. The first kappa shape index (κ1) is 36.7. The van der Waals surface area contributed by atoms with Crippen LogP contribution in [0.4, 0.5) is 4.79 Å². The van der Waals surface area contributed by atoms with E-state index in [0.29, 0.717) is 5.75 Å². The standard InChI is InChI=1S/C34H42NO9PS/c1-33(2,3)43-45(38,44-34(4,5)6)29(42-32(46)41-27-20-14-9-15-21-27)22-28(30(36)39-23-25-16-10-7-11-17-25)35-31(37)40-24-26-18-12-8-13-19-26/h7-21,28-29H,22-24H2,1-6H3,(H,35,37). The number of esters is 1. The molecule has 0 saturated heterocycles. The van der Waals surface area contributed by atoms with Gasteiger partial charge in [-0.15, -0.1) is 0 Å². The van der Waals surface area contributed by atoms with E-state index in [9.17, 15) is 14.2 Å². The molecule has 0 heterocycles. The minimum atomic E-state index is -4.30. The predicted octanol–water partition coefficient (Wildman–Crippen LogP) is 7.94. The molecule has 0 aliphatic carbocycles. The normalized spacial score (nSPS) is 13.2. The van der Waals surface area contributed by atoms with E-state index in [2.05, 4.69) is 5.32 Å². The van der Waals surface area contributed by atoms with Gasteiger partial charge in [-0.05, 0) is 64.8 Å². The second-order valence-electron chi connectivity index (χ2n) is 12.3. The highest BCUT2D eigenvalue weighted by molar-refractivity contribution is 7.79. The Hall–Kier alpha value is -3.76. The van der Waals surface area contributed by atoms with Gasteiger partial charge < -0.3 is 33.3 Å². The number of hydrogen-bond donors (Lipinski definition) is 1. The zero-order valence-electron chi connectivity index (χ0n) is 27.0. The molecule has 2 unspecified atom stereocenters. The number of ether oxygens (including phenoxy) is 4. The van der Waals surface area contributed by atoms with Crippen LogP contribution in [0.3, 0.4) is 0 Å². The lowest BCUT2D eigenvalue weighted by atomic mass is 10.2. The summed E-state index contributed by atoms with van der Waals surface area (Å²) in [6.07, 6.45) is -1.34. The van der Waals surface area contributed by atoms with Crippen LogP contribution in [0, 0.1) is 0 Å². The van der Waals surface area contributed by atoms with Crippen LogP contribution >= 0.6 is 19.8 Å². The second kappa shape index (κ2) is 16.7. The van der Waals surface area contributed by atoms with Gasteiger partial charge in [-0.1, -0.05) is 78.9 Å². The van der Waals surface area contributed by atoms with Crippen LogP contribution in [0.5, 0.6) is 5.75 Å². The van der Waals surface area contributed by atoms with E-state index in [0.717, 1.165) is 11.1 Å². The molecule has 10 nitrogen and oxygen atoms in total. The first-order valence-corrected chi connectivity index (χ1v) is 16.8. The number of rotatable bonds is 13. The largest absolute Gasteiger partial charge is 0.459 e. The van der Waals surface area contributed by atoms with E-state index in [1.54, 1.807) is 108 Å². The first-order valence-electron chi connectivity index (χ1n) is 14.7. The zero-order valence-corrected chi connectivity index (χ0v) is 28.7. The van der Waals surface area contributed by atoms with Gasteiger partial charge in [0, 0.05) is 18.6 Å². The molecule has 0 aromatic heterocycles. The summed E-state index contributed by atoms with van der Waals surface area (Å²) in [6.45, 7) is 10.1. The van der Waals surface area contributed by atoms with E-state index < -0.39 is 54.4 Å². The van der Waals surface area contributed by atoms with Gasteiger partial charge in [0.2, 0.25) is 5.85 Å². The fourth-order valence-electron chi connectivity index (χ4n) is 4.01. The summed E-state index contributed by atoms with van der Waals surface area (Å²) < 4.78 is 49.3. The Morgan fingerprint density at radius 1 is 0.739 bits per heavy atom. The average Bonchev–Trinajstić information content (AvgIpc) is 2.97. The molecule has 248 valence electrons. The summed E-state index contributed by atoms with van der Waals surface area (Å²) in [5.74, 6) is -1.98.